The van der Waals surface area contributed by atoms with Crippen LogP contribution in [0.5, 0.6) is 0 Å². The van der Waals surface area contributed by atoms with Crippen molar-refractivity contribution in [2.75, 3.05) is 25.1 Å². The Morgan fingerprint density at radius 3 is 3.06 bits per heavy atom. The van der Waals surface area contributed by atoms with Gasteiger partial charge in [0, 0.05) is 18.3 Å². The first-order valence-corrected chi connectivity index (χ1v) is 6.41. The van der Waals surface area contributed by atoms with Gasteiger partial charge in [0.1, 0.15) is 0 Å². The average molecular weight is 249 g/mol. The highest BCUT2D eigenvalue weighted by atomic mass is 16.5. The number of hydrogen-bond acceptors (Lipinski definition) is 4. The summed E-state index contributed by atoms with van der Waals surface area (Å²) in [6.45, 7) is 3.72. The third-order valence-corrected chi connectivity index (χ3v) is 2.94. The zero-order valence-electron chi connectivity index (χ0n) is 10.6. The summed E-state index contributed by atoms with van der Waals surface area (Å²) in [5, 5.41) is 3.36. The van der Waals surface area contributed by atoms with E-state index in [4.69, 9.17) is 9.47 Å². The first-order chi connectivity index (χ1) is 8.81. The lowest BCUT2D eigenvalue weighted by Crippen LogP contribution is -2.30. The Balaban J connectivity index is 2.08. The van der Waals surface area contributed by atoms with Gasteiger partial charge in [0.15, 0.2) is 0 Å². The molecule has 0 bridgehead atoms. The maximum atomic E-state index is 11.8. The molecule has 0 radical (unpaired) electrons. The lowest BCUT2D eigenvalue weighted by molar-refractivity contribution is 0.0527. The van der Waals surface area contributed by atoms with E-state index < -0.39 is 0 Å². The van der Waals surface area contributed by atoms with Crippen LogP contribution in [0, 0.1) is 0 Å². The summed E-state index contributed by atoms with van der Waals surface area (Å²) < 4.78 is 10.5. The fraction of sp³-hybridized carbons (Fsp3) is 0.500. The summed E-state index contributed by atoms with van der Waals surface area (Å²) in [6.07, 6.45) is 2.12. The number of carbonyl (C=O) groups is 1. The molecule has 1 fully saturated rings. The largest absolute Gasteiger partial charge is 0.462 e. The van der Waals surface area contributed by atoms with Gasteiger partial charge in [0.05, 0.1) is 18.8 Å². The van der Waals surface area contributed by atoms with Gasteiger partial charge in [-0.1, -0.05) is 12.1 Å². The number of hydrogen-bond donors (Lipinski definition) is 1. The molecule has 0 saturated carbocycles. The number of nitrogens with one attached hydrogen (secondary N) is 1. The maximum Gasteiger partial charge on any atom is 0.340 e. The fourth-order valence-electron chi connectivity index (χ4n) is 2.07. The van der Waals surface area contributed by atoms with Crippen molar-refractivity contribution in [3.63, 3.8) is 0 Å². The highest BCUT2D eigenvalue weighted by Crippen LogP contribution is 2.19. The molecular weight excluding hydrogens is 230 g/mol. The van der Waals surface area contributed by atoms with Crippen LogP contribution in [0.15, 0.2) is 24.3 Å². The second-order valence-electron chi connectivity index (χ2n) is 4.32. The third-order valence-electron chi connectivity index (χ3n) is 2.94. The molecule has 1 aliphatic rings. The van der Waals surface area contributed by atoms with Gasteiger partial charge in [-0.2, -0.15) is 0 Å². The lowest BCUT2D eigenvalue weighted by atomic mass is 10.1. The summed E-state index contributed by atoms with van der Waals surface area (Å²) in [7, 11) is 0. The topological polar surface area (TPSA) is 47.6 Å². The van der Waals surface area contributed by atoms with Crippen LogP contribution >= 0.6 is 0 Å². The molecular formula is C14H19NO3. The number of benzene rings is 1. The van der Waals surface area contributed by atoms with Crippen LogP contribution in [-0.4, -0.2) is 31.8 Å². The number of anilines is 1. The van der Waals surface area contributed by atoms with Crippen molar-refractivity contribution in [3.8, 4) is 0 Å². The predicted octanol–water partition coefficient (Wildman–Crippen LogP) is 2.45. The maximum absolute atomic E-state index is 11.8. The second kappa shape index (κ2) is 6.40. The van der Waals surface area contributed by atoms with Gasteiger partial charge in [0.25, 0.3) is 0 Å². The molecule has 0 aliphatic carbocycles. The molecule has 18 heavy (non-hydrogen) atoms. The van der Waals surface area contributed by atoms with Crippen molar-refractivity contribution in [3.05, 3.63) is 29.8 Å². The van der Waals surface area contributed by atoms with Gasteiger partial charge in [-0.25, -0.2) is 4.79 Å². The van der Waals surface area contributed by atoms with E-state index in [0.29, 0.717) is 18.8 Å². The molecule has 4 heteroatoms. The van der Waals surface area contributed by atoms with Crippen LogP contribution in [0.2, 0.25) is 0 Å². The van der Waals surface area contributed by atoms with Crippen LogP contribution < -0.4 is 5.32 Å². The Kier molecular flexibility index (Phi) is 4.59. The average Bonchev–Trinajstić information content (AvgIpc) is 2.41. The summed E-state index contributed by atoms with van der Waals surface area (Å²) >= 11 is 0. The molecule has 1 aromatic rings. The minimum atomic E-state index is -0.280. The highest BCUT2D eigenvalue weighted by molar-refractivity contribution is 5.95. The van der Waals surface area contributed by atoms with Gasteiger partial charge in [-0.3, -0.25) is 0 Å². The van der Waals surface area contributed by atoms with E-state index in [2.05, 4.69) is 5.32 Å². The first-order valence-electron chi connectivity index (χ1n) is 6.41. The van der Waals surface area contributed by atoms with Crippen LogP contribution in [0.25, 0.3) is 0 Å². The van der Waals surface area contributed by atoms with Crippen molar-refractivity contribution in [1.29, 1.82) is 0 Å². The molecule has 1 saturated heterocycles. The highest BCUT2D eigenvalue weighted by Gasteiger charge is 2.17. The van der Waals surface area contributed by atoms with E-state index in [1.165, 1.54) is 0 Å². The van der Waals surface area contributed by atoms with E-state index in [1.807, 2.05) is 25.1 Å². The molecule has 2 rings (SSSR count). The normalized spacial score (nSPS) is 19.3. The number of ether oxygens (including phenoxy) is 2. The molecule has 1 unspecified atom stereocenters. The quantitative estimate of drug-likeness (QED) is 0.833. The first kappa shape index (κ1) is 12.9. The molecule has 98 valence electrons. The zero-order valence-corrected chi connectivity index (χ0v) is 10.6. The molecule has 1 N–H and O–H groups in total. The predicted molar refractivity (Wildman–Crippen MR) is 69.9 cm³/mol. The van der Waals surface area contributed by atoms with Crippen molar-refractivity contribution >= 4 is 11.7 Å². The molecule has 0 aromatic heterocycles. The van der Waals surface area contributed by atoms with E-state index >= 15 is 0 Å². The van der Waals surface area contributed by atoms with Gasteiger partial charge in [-0.05, 0) is 31.9 Å². The molecule has 0 amide bonds. The molecule has 1 aromatic carbocycles. The Morgan fingerprint density at radius 1 is 1.50 bits per heavy atom. The van der Waals surface area contributed by atoms with Crippen LogP contribution in [0.4, 0.5) is 5.69 Å². The summed E-state index contributed by atoms with van der Waals surface area (Å²) in [5.74, 6) is -0.280. The van der Waals surface area contributed by atoms with Crippen LogP contribution in [0.3, 0.4) is 0 Å². The lowest BCUT2D eigenvalue weighted by Gasteiger charge is -2.25. The Bertz CT molecular complexity index is 400. The summed E-state index contributed by atoms with van der Waals surface area (Å²) in [4.78, 5) is 11.8. The molecule has 4 nitrogen and oxygen atoms in total. The number of carbonyl (C=O) groups excluding carboxylic acids is 1. The van der Waals surface area contributed by atoms with Crippen LogP contribution in [-0.2, 0) is 9.47 Å². The summed E-state index contributed by atoms with van der Waals surface area (Å²) in [5.41, 5.74) is 1.41. The monoisotopic (exact) mass is 249 g/mol. The Morgan fingerprint density at radius 2 is 2.33 bits per heavy atom. The molecule has 1 aliphatic heterocycles. The van der Waals surface area contributed by atoms with E-state index in [0.717, 1.165) is 25.1 Å². The standard InChI is InChI=1S/C14H19NO3/c1-2-18-14(16)12-7-3-4-8-13(12)15-11-6-5-9-17-10-11/h3-4,7-8,11,15H,2,5-6,9-10H2,1H3. The van der Waals surface area contributed by atoms with Gasteiger partial charge >= 0.3 is 5.97 Å². The molecule has 0 spiro atoms. The third kappa shape index (κ3) is 3.23. The van der Waals surface area contributed by atoms with Gasteiger partial charge in [-0.15, -0.1) is 0 Å². The number of para-hydroxylation sites is 1. The minimum absolute atomic E-state index is 0.273. The Labute approximate surface area is 107 Å². The fourth-order valence-corrected chi connectivity index (χ4v) is 2.07. The van der Waals surface area contributed by atoms with E-state index in [1.54, 1.807) is 6.07 Å². The van der Waals surface area contributed by atoms with Crippen molar-refractivity contribution < 1.29 is 14.3 Å². The van der Waals surface area contributed by atoms with Crippen molar-refractivity contribution in [2.24, 2.45) is 0 Å². The minimum Gasteiger partial charge on any atom is -0.462 e. The Hall–Kier alpha value is -1.55. The molecule has 1 heterocycles. The SMILES string of the molecule is CCOC(=O)c1ccccc1NC1CCCOC1. The molecule has 1 atom stereocenters. The van der Waals surface area contributed by atoms with E-state index in [-0.39, 0.29) is 12.0 Å². The number of rotatable bonds is 4. The zero-order chi connectivity index (χ0) is 12.8. The van der Waals surface area contributed by atoms with E-state index in [9.17, 15) is 4.79 Å². The van der Waals surface area contributed by atoms with Crippen molar-refractivity contribution in [2.45, 2.75) is 25.8 Å². The summed E-state index contributed by atoms with van der Waals surface area (Å²) in [6, 6.07) is 7.71. The van der Waals surface area contributed by atoms with Crippen molar-refractivity contribution in [1.82, 2.24) is 0 Å². The second-order valence-corrected chi connectivity index (χ2v) is 4.32. The van der Waals surface area contributed by atoms with Gasteiger partial charge < -0.3 is 14.8 Å². The smallest absolute Gasteiger partial charge is 0.340 e. The van der Waals surface area contributed by atoms with Crippen LogP contribution in [0.1, 0.15) is 30.1 Å². The van der Waals surface area contributed by atoms with Gasteiger partial charge in [0.2, 0.25) is 0 Å². The number of esters is 1.